The number of thiophene rings is 1. The Hall–Kier alpha value is -1.23. The van der Waals surface area contributed by atoms with Gasteiger partial charge in [-0.3, -0.25) is 9.88 Å². The monoisotopic (exact) mass is 383 g/mol. The number of aromatic nitrogens is 1. The Balaban J connectivity index is 1.35. The van der Waals surface area contributed by atoms with Gasteiger partial charge < -0.3 is 4.90 Å². The summed E-state index contributed by atoms with van der Waals surface area (Å²) < 4.78 is 0. The van der Waals surface area contributed by atoms with Crippen molar-refractivity contribution in [3.8, 4) is 0 Å². The van der Waals surface area contributed by atoms with Gasteiger partial charge in [0.05, 0.1) is 0 Å². The highest BCUT2D eigenvalue weighted by atomic mass is 32.1. The molecule has 2 aromatic rings. The highest BCUT2D eigenvalue weighted by Gasteiger charge is 2.28. The highest BCUT2D eigenvalue weighted by molar-refractivity contribution is 7.11. The zero-order chi connectivity index (χ0) is 18.5. The van der Waals surface area contributed by atoms with E-state index < -0.39 is 0 Å². The summed E-state index contributed by atoms with van der Waals surface area (Å²) in [5.41, 5.74) is 1.33. The first-order valence-electron chi connectivity index (χ1n) is 10.7. The minimum absolute atomic E-state index is 0.834. The zero-order valence-electron chi connectivity index (χ0n) is 16.6. The SMILES string of the molecule is Cc1ccc(CN(Cc2cccnc2)CC2CCN(C3CCCC3)CC2)s1. The molecule has 0 N–H and O–H groups in total. The molecule has 0 spiro atoms. The minimum atomic E-state index is 0.834. The molecule has 4 heteroatoms. The van der Waals surface area contributed by atoms with Crippen LogP contribution in [-0.4, -0.2) is 40.5 Å². The summed E-state index contributed by atoms with van der Waals surface area (Å²) in [6.45, 7) is 8.12. The van der Waals surface area contributed by atoms with Crippen LogP contribution in [0.15, 0.2) is 36.7 Å². The number of hydrogen-bond donors (Lipinski definition) is 0. The summed E-state index contributed by atoms with van der Waals surface area (Å²) in [6, 6.07) is 9.72. The Bertz CT molecular complexity index is 685. The van der Waals surface area contributed by atoms with Crippen molar-refractivity contribution in [3.63, 3.8) is 0 Å². The number of piperidine rings is 1. The summed E-state index contributed by atoms with van der Waals surface area (Å²) in [7, 11) is 0. The van der Waals surface area contributed by atoms with Gasteiger partial charge in [0.1, 0.15) is 0 Å². The number of hydrogen-bond acceptors (Lipinski definition) is 4. The maximum absolute atomic E-state index is 4.32. The molecule has 1 aliphatic carbocycles. The Kier molecular flexibility index (Phi) is 6.59. The topological polar surface area (TPSA) is 19.4 Å². The van der Waals surface area contributed by atoms with Crippen LogP contribution in [0, 0.1) is 12.8 Å². The maximum atomic E-state index is 4.32. The van der Waals surface area contributed by atoms with E-state index >= 15 is 0 Å². The molecule has 0 bridgehead atoms. The van der Waals surface area contributed by atoms with Gasteiger partial charge in [-0.05, 0) is 75.4 Å². The average molecular weight is 384 g/mol. The van der Waals surface area contributed by atoms with Crippen molar-refractivity contribution >= 4 is 11.3 Å². The molecule has 0 aromatic carbocycles. The molecule has 2 aliphatic rings. The first-order chi connectivity index (χ1) is 13.3. The highest BCUT2D eigenvalue weighted by Crippen LogP contribution is 2.29. The summed E-state index contributed by atoms with van der Waals surface area (Å²) >= 11 is 1.94. The van der Waals surface area contributed by atoms with Crippen molar-refractivity contribution < 1.29 is 0 Å². The van der Waals surface area contributed by atoms with Crippen molar-refractivity contribution in [3.05, 3.63) is 52.0 Å². The summed E-state index contributed by atoms with van der Waals surface area (Å²) in [6.07, 6.45) is 12.4. The van der Waals surface area contributed by atoms with Gasteiger partial charge >= 0.3 is 0 Å². The first-order valence-corrected chi connectivity index (χ1v) is 11.5. The lowest BCUT2D eigenvalue weighted by molar-refractivity contribution is 0.107. The van der Waals surface area contributed by atoms with E-state index in [0.717, 1.165) is 25.0 Å². The summed E-state index contributed by atoms with van der Waals surface area (Å²) in [5, 5.41) is 0. The molecule has 1 saturated carbocycles. The molecule has 0 radical (unpaired) electrons. The molecule has 0 amide bonds. The van der Waals surface area contributed by atoms with Gasteiger partial charge in [-0.15, -0.1) is 11.3 Å². The van der Waals surface area contributed by atoms with Crippen LogP contribution in [0.5, 0.6) is 0 Å². The van der Waals surface area contributed by atoms with Crippen LogP contribution in [0.2, 0.25) is 0 Å². The first kappa shape index (κ1) is 19.1. The fraction of sp³-hybridized carbons (Fsp3) is 0.609. The molecule has 4 rings (SSSR count). The van der Waals surface area contributed by atoms with Gasteiger partial charge in [0.2, 0.25) is 0 Å². The van der Waals surface area contributed by atoms with Gasteiger partial charge in [0.25, 0.3) is 0 Å². The maximum Gasteiger partial charge on any atom is 0.0331 e. The van der Waals surface area contributed by atoms with Crippen LogP contribution in [0.4, 0.5) is 0 Å². The molecule has 2 aromatic heterocycles. The van der Waals surface area contributed by atoms with E-state index in [0.29, 0.717) is 0 Å². The van der Waals surface area contributed by atoms with E-state index in [1.165, 1.54) is 73.5 Å². The van der Waals surface area contributed by atoms with Gasteiger partial charge in [-0.2, -0.15) is 0 Å². The van der Waals surface area contributed by atoms with Crippen LogP contribution in [0.3, 0.4) is 0 Å². The Morgan fingerprint density at radius 1 is 1.07 bits per heavy atom. The van der Waals surface area contributed by atoms with E-state index in [4.69, 9.17) is 0 Å². The number of aryl methyl sites for hydroxylation is 1. The lowest BCUT2D eigenvalue weighted by atomic mass is 9.94. The molecular formula is C23H33N3S. The molecule has 1 saturated heterocycles. The molecule has 27 heavy (non-hydrogen) atoms. The molecule has 146 valence electrons. The second kappa shape index (κ2) is 9.31. The third-order valence-corrected chi connectivity index (χ3v) is 7.30. The van der Waals surface area contributed by atoms with Crippen molar-refractivity contribution in [1.29, 1.82) is 0 Å². The largest absolute Gasteiger partial charge is 0.300 e. The second-order valence-electron chi connectivity index (χ2n) is 8.46. The van der Waals surface area contributed by atoms with Crippen molar-refractivity contribution in [2.45, 2.75) is 64.6 Å². The lowest BCUT2D eigenvalue weighted by Gasteiger charge is -2.37. The quantitative estimate of drug-likeness (QED) is 0.662. The van der Waals surface area contributed by atoms with Crippen LogP contribution >= 0.6 is 11.3 Å². The predicted octanol–water partition coefficient (Wildman–Crippen LogP) is 5.11. The Morgan fingerprint density at radius 2 is 1.89 bits per heavy atom. The fourth-order valence-electron chi connectivity index (χ4n) is 4.86. The second-order valence-corrected chi connectivity index (χ2v) is 9.83. The molecule has 1 aliphatic heterocycles. The average Bonchev–Trinajstić information content (AvgIpc) is 3.35. The van der Waals surface area contributed by atoms with Crippen LogP contribution in [0.1, 0.15) is 53.8 Å². The van der Waals surface area contributed by atoms with E-state index in [-0.39, 0.29) is 0 Å². The van der Waals surface area contributed by atoms with Crippen LogP contribution in [-0.2, 0) is 13.1 Å². The molecular weight excluding hydrogens is 350 g/mol. The lowest BCUT2D eigenvalue weighted by Crippen LogP contribution is -2.42. The van der Waals surface area contributed by atoms with Crippen LogP contribution < -0.4 is 0 Å². The summed E-state index contributed by atoms with van der Waals surface area (Å²) in [5.74, 6) is 0.834. The van der Waals surface area contributed by atoms with E-state index in [1.54, 1.807) is 0 Å². The predicted molar refractivity (Wildman–Crippen MR) is 114 cm³/mol. The number of nitrogens with zero attached hydrogens (tertiary/aromatic N) is 3. The van der Waals surface area contributed by atoms with Gasteiger partial charge in [-0.25, -0.2) is 0 Å². The third kappa shape index (κ3) is 5.40. The molecule has 0 unspecified atom stereocenters. The smallest absolute Gasteiger partial charge is 0.0331 e. The fourth-order valence-corrected chi connectivity index (χ4v) is 5.79. The Labute approximate surface area is 168 Å². The minimum Gasteiger partial charge on any atom is -0.300 e. The third-order valence-electron chi connectivity index (χ3n) is 6.31. The van der Waals surface area contributed by atoms with E-state index in [1.807, 2.05) is 23.7 Å². The number of rotatable bonds is 7. The normalized spacial score (nSPS) is 19.9. The van der Waals surface area contributed by atoms with Gasteiger partial charge in [0, 0.05) is 47.8 Å². The molecule has 3 nitrogen and oxygen atoms in total. The zero-order valence-corrected chi connectivity index (χ0v) is 17.5. The molecule has 3 heterocycles. The van der Waals surface area contributed by atoms with Gasteiger partial charge in [-0.1, -0.05) is 18.9 Å². The van der Waals surface area contributed by atoms with E-state index in [9.17, 15) is 0 Å². The van der Waals surface area contributed by atoms with E-state index in [2.05, 4.69) is 46.0 Å². The Morgan fingerprint density at radius 3 is 2.56 bits per heavy atom. The van der Waals surface area contributed by atoms with Gasteiger partial charge in [0.15, 0.2) is 0 Å². The standard InChI is InChI=1S/C23H33N3S/c1-19-8-9-23(27-19)18-25(17-21-5-4-12-24-15-21)16-20-10-13-26(14-11-20)22-6-2-3-7-22/h4-5,8-9,12,15,20,22H,2-3,6-7,10-11,13-14,16-18H2,1H3. The van der Waals surface area contributed by atoms with Crippen molar-refractivity contribution in [2.24, 2.45) is 5.92 Å². The summed E-state index contributed by atoms with van der Waals surface area (Å²) in [4.78, 5) is 12.7. The molecule has 2 fully saturated rings. The van der Waals surface area contributed by atoms with Crippen LogP contribution in [0.25, 0.3) is 0 Å². The number of pyridine rings is 1. The molecule has 0 atom stereocenters. The number of likely N-dealkylation sites (tertiary alicyclic amines) is 1. The van der Waals surface area contributed by atoms with Crippen molar-refractivity contribution in [2.75, 3.05) is 19.6 Å². The van der Waals surface area contributed by atoms with Crippen molar-refractivity contribution in [1.82, 2.24) is 14.8 Å².